The summed E-state index contributed by atoms with van der Waals surface area (Å²) < 4.78 is 55.1. The Hall–Kier alpha value is -2.38. The Morgan fingerprint density at radius 3 is 2.42 bits per heavy atom. The fourth-order valence-corrected chi connectivity index (χ4v) is 1.52. The Morgan fingerprint density at radius 2 is 1.89 bits per heavy atom. The molecule has 2 rings (SSSR count). The normalized spacial score (nSPS) is 11.6. The molecule has 0 aliphatic carbocycles. The van der Waals surface area contributed by atoms with Gasteiger partial charge in [0.1, 0.15) is 17.1 Å². The second-order valence-corrected chi connectivity index (χ2v) is 3.52. The van der Waals surface area contributed by atoms with Gasteiger partial charge in [-0.2, -0.15) is 13.2 Å². The lowest BCUT2D eigenvalue weighted by atomic mass is 10.1. The largest absolute Gasteiger partial charge is 0.477 e. The number of carboxylic acids is 1. The van der Waals surface area contributed by atoms with Crippen molar-refractivity contribution in [1.29, 1.82) is 0 Å². The van der Waals surface area contributed by atoms with E-state index in [0.717, 1.165) is 12.1 Å². The van der Waals surface area contributed by atoms with Gasteiger partial charge in [-0.1, -0.05) is 17.3 Å². The molecular formula is C11H5F4NO3. The van der Waals surface area contributed by atoms with E-state index < -0.39 is 35.0 Å². The minimum Gasteiger partial charge on any atom is -0.477 e. The molecule has 100 valence electrons. The van der Waals surface area contributed by atoms with Crippen molar-refractivity contribution in [2.75, 3.05) is 0 Å². The van der Waals surface area contributed by atoms with Gasteiger partial charge in [0.25, 0.3) is 5.76 Å². The van der Waals surface area contributed by atoms with Crippen LogP contribution < -0.4 is 0 Å². The quantitative estimate of drug-likeness (QED) is 0.855. The van der Waals surface area contributed by atoms with Crippen LogP contribution in [0, 0.1) is 5.82 Å². The third kappa shape index (κ3) is 2.28. The molecule has 8 heteroatoms. The van der Waals surface area contributed by atoms with Crippen LogP contribution in [0.1, 0.15) is 16.1 Å². The van der Waals surface area contributed by atoms with Crippen LogP contribution in [0.3, 0.4) is 0 Å². The van der Waals surface area contributed by atoms with E-state index in [4.69, 9.17) is 5.11 Å². The van der Waals surface area contributed by atoms with Crippen LogP contribution in [0.15, 0.2) is 28.8 Å². The number of hydrogen-bond donors (Lipinski definition) is 1. The number of aromatic carboxylic acids is 1. The van der Waals surface area contributed by atoms with E-state index >= 15 is 0 Å². The average molecular weight is 275 g/mol. The molecule has 0 radical (unpaired) electrons. The van der Waals surface area contributed by atoms with Gasteiger partial charge in [0, 0.05) is 5.56 Å². The molecule has 1 heterocycles. The number of hydrogen-bond acceptors (Lipinski definition) is 3. The molecule has 1 aromatic heterocycles. The summed E-state index contributed by atoms with van der Waals surface area (Å²) in [6, 6.07) is 4.73. The lowest BCUT2D eigenvalue weighted by molar-refractivity contribution is -0.156. The lowest BCUT2D eigenvalue weighted by Crippen LogP contribution is -2.11. The molecule has 1 N–H and O–H groups in total. The molecule has 2 aromatic rings. The zero-order valence-electron chi connectivity index (χ0n) is 9.03. The summed E-state index contributed by atoms with van der Waals surface area (Å²) in [5.41, 5.74) is -2.28. The summed E-state index contributed by atoms with van der Waals surface area (Å²) in [5, 5.41) is 11.8. The van der Waals surface area contributed by atoms with E-state index in [9.17, 15) is 22.4 Å². The highest BCUT2D eigenvalue weighted by atomic mass is 19.4. The van der Waals surface area contributed by atoms with Gasteiger partial charge in [-0.25, -0.2) is 9.18 Å². The van der Waals surface area contributed by atoms with Crippen LogP contribution in [-0.4, -0.2) is 16.2 Å². The molecule has 1 aromatic carbocycles. The summed E-state index contributed by atoms with van der Waals surface area (Å²) in [6.45, 7) is 0. The van der Waals surface area contributed by atoms with Crippen molar-refractivity contribution in [2.45, 2.75) is 6.18 Å². The minimum atomic E-state index is -5.02. The first-order valence-electron chi connectivity index (χ1n) is 4.87. The third-order valence-corrected chi connectivity index (χ3v) is 2.29. The zero-order valence-corrected chi connectivity index (χ0v) is 9.03. The molecule has 0 aliphatic heterocycles. The molecule has 0 amide bonds. The molecule has 0 saturated carbocycles. The molecule has 0 saturated heterocycles. The summed E-state index contributed by atoms with van der Waals surface area (Å²) in [5.74, 6) is -4.56. The number of halogens is 4. The maximum Gasteiger partial charge on any atom is 0.453 e. The van der Waals surface area contributed by atoms with E-state index in [-0.39, 0.29) is 5.56 Å². The Morgan fingerprint density at radius 1 is 1.26 bits per heavy atom. The van der Waals surface area contributed by atoms with Crippen molar-refractivity contribution in [2.24, 2.45) is 0 Å². The van der Waals surface area contributed by atoms with Gasteiger partial charge in [0.15, 0.2) is 0 Å². The maximum atomic E-state index is 13.5. The van der Waals surface area contributed by atoms with E-state index in [2.05, 4.69) is 9.68 Å². The van der Waals surface area contributed by atoms with Gasteiger partial charge in [-0.3, -0.25) is 0 Å². The predicted octanol–water partition coefficient (Wildman–Crippen LogP) is 3.20. The van der Waals surface area contributed by atoms with E-state index in [1.165, 1.54) is 12.1 Å². The van der Waals surface area contributed by atoms with Gasteiger partial charge >= 0.3 is 12.1 Å². The van der Waals surface area contributed by atoms with Crippen molar-refractivity contribution in [3.05, 3.63) is 41.4 Å². The van der Waals surface area contributed by atoms with Crippen LogP contribution in [-0.2, 0) is 6.18 Å². The molecule has 0 spiro atoms. The SMILES string of the molecule is O=C(O)c1c(-c2ccccc2F)noc1C(F)(F)F. The second kappa shape index (κ2) is 4.38. The molecule has 0 bridgehead atoms. The van der Waals surface area contributed by atoms with Crippen LogP contribution >= 0.6 is 0 Å². The number of carbonyl (C=O) groups is 1. The topological polar surface area (TPSA) is 63.3 Å². The smallest absolute Gasteiger partial charge is 0.453 e. The zero-order chi connectivity index (χ0) is 14.2. The first-order chi connectivity index (χ1) is 8.82. The molecule has 0 aliphatic rings. The predicted molar refractivity (Wildman–Crippen MR) is 53.9 cm³/mol. The monoisotopic (exact) mass is 275 g/mol. The van der Waals surface area contributed by atoms with Crippen molar-refractivity contribution in [1.82, 2.24) is 5.16 Å². The third-order valence-electron chi connectivity index (χ3n) is 2.29. The minimum absolute atomic E-state index is 0.376. The average Bonchev–Trinajstić information content (AvgIpc) is 2.73. The molecule has 19 heavy (non-hydrogen) atoms. The maximum absolute atomic E-state index is 13.5. The molecule has 0 fully saturated rings. The fourth-order valence-electron chi connectivity index (χ4n) is 1.52. The summed E-state index contributed by atoms with van der Waals surface area (Å²) in [6.07, 6.45) is -5.02. The van der Waals surface area contributed by atoms with Crippen LogP contribution in [0.5, 0.6) is 0 Å². The highest BCUT2D eigenvalue weighted by molar-refractivity contribution is 5.96. The van der Waals surface area contributed by atoms with Gasteiger partial charge in [-0.05, 0) is 12.1 Å². The van der Waals surface area contributed by atoms with Crippen LogP contribution in [0.2, 0.25) is 0 Å². The number of rotatable bonds is 2. The number of carboxylic acid groups (broad SMARTS) is 1. The molecule has 4 nitrogen and oxygen atoms in total. The number of alkyl halides is 3. The van der Waals surface area contributed by atoms with E-state index in [1.54, 1.807) is 0 Å². The van der Waals surface area contributed by atoms with Crippen molar-refractivity contribution < 1.29 is 32.0 Å². The highest BCUT2D eigenvalue weighted by Gasteiger charge is 2.43. The highest BCUT2D eigenvalue weighted by Crippen LogP contribution is 2.37. The van der Waals surface area contributed by atoms with Gasteiger partial charge in [0.2, 0.25) is 0 Å². The van der Waals surface area contributed by atoms with Crippen molar-refractivity contribution >= 4 is 5.97 Å². The van der Waals surface area contributed by atoms with Crippen molar-refractivity contribution in [3.8, 4) is 11.3 Å². The molecular weight excluding hydrogens is 270 g/mol. The summed E-state index contributed by atoms with van der Waals surface area (Å²) in [4.78, 5) is 10.9. The number of aromatic nitrogens is 1. The number of nitrogens with zero attached hydrogens (tertiary/aromatic N) is 1. The van der Waals surface area contributed by atoms with Crippen LogP contribution in [0.25, 0.3) is 11.3 Å². The Balaban J connectivity index is 2.70. The standard InChI is InChI=1S/C11H5F4NO3/c12-6-4-2-1-3-5(6)8-7(10(17)18)9(19-16-8)11(13,14)15/h1-4H,(H,17,18). The van der Waals surface area contributed by atoms with Crippen molar-refractivity contribution in [3.63, 3.8) is 0 Å². The van der Waals surface area contributed by atoms with Gasteiger partial charge < -0.3 is 9.63 Å². The van der Waals surface area contributed by atoms with Gasteiger partial charge in [0.05, 0.1) is 0 Å². The van der Waals surface area contributed by atoms with E-state index in [1.807, 2.05) is 0 Å². The Bertz CT molecular complexity index is 633. The Labute approximate surface area is 103 Å². The Kier molecular flexibility index (Phi) is 3.01. The first kappa shape index (κ1) is 13.1. The van der Waals surface area contributed by atoms with Gasteiger partial charge in [-0.15, -0.1) is 0 Å². The lowest BCUT2D eigenvalue weighted by Gasteiger charge is -2.03. The summed E-state index contributed by atoms with van der Waals surface area (Å²) >= 11 is 0. The number of benzene rings is 1. The molecule has 0 unspecified atom stereocenters. The first-order valence-corrected chi connectivity index (χ1v) is 4.87. The van der Waals surface area contributed by atoms with Crippen LogP contribution in [0.4, 0.5) is 17.6 Å². The fraction of sp³-hybridized carbons (Fsp3) is 0.0909. The summed E-state index contributed by atoms with van der Waals surface area (Å²) in [7, 11) is 0. The van der Waals surface area contributed by atoms with E-state index in [0.29, 0.717) is 0 Å². The molecule has 0 atom stereocenters. The second-order valence-electron chi connectivity index (χ2n) is 3.52.